The molecule has 0 unspecified atom stereocenters. The van der Waals surface area contributed by atoms with Gasteiger partial charge in [0.05, 0.1) is 10.9 Å². The first-order chi connectivity index (χ1) is 15.9. The molecular formula is C26H32N4O3S. The summed E-state index contributed by atoms with van der Waals surface area (Å²) in [5.41, 5.74) is -0.598. The first-order valence-corrected chi connectivity index (χ1v) is 12.5. The molecule has 2 N–H and O–H groups in total. The second-order valence-electron chi connectivity index (χ2n) is 11.2. The number of hydrogen-bond acceptors (Lipinski definition) is 5. The Hall–Kier alpha value is -2.92. The van der Waals surface area contributed by atoms with Crippen molar-refractivity contribution in [3.8, 4) is 6.07 Å². The molecule has 8 heteroatoms. The summed E-state index contributed by atoms with van der Waals surface area (Å²) in [6, 6.07) is 9.56. The van der Waals surface area contributed by atoms with Gasteiger partial charge in [-0.1, -0.05) is 52.8 Å². The summed E-state index contributed by atoms with van der Waals surface area (Å²) in [5, 5.41) is 15.8. The van der Waals surface area contributed by atoms with Crippen LogP contribution < -0.4 is 10.6 Å². The van der Waals surface area contributed by atoms with Gasteiger partial charge in [0.1, 0.15) is 18.1 Å². The summed E-state index contributed by atoms with van der Waals surface area (Å²) in [6.45, 7) is 12.1. The standard InChI is InChI=1S/C26H32N4O3S/c1-14(12-27)28-23(32)20-19-16(26(19,5)6)13-30(20)24(33)21(25(2,3)4)29-22(31)18-11-15-9-7-8-10-17(15)34-18/h7-11,14,16,19-21H,13H2,1-6H3,(H,28,32)(H,29,31)/t14-,16-,19-,20-,21+/m0/s1. The van der Waals surface area contributed by atoms with Crippen LogP contribution in [0.5, 0.6) is 0 Å². The van der Waals surface area contributed by atoms with E-state index in [2.05, 4.69) is 24.5 Å². The molecule has 1 aromatic carbocycles. The van der Waals surface area contributed by atoms with Crippen molar-refractivity contribution in [3.63, 3.8) is 0 Å². The number of carbonyl (C=O) groups is 3. The molecule has 1 aliphatic heterocycles. The van der Waals surface area contributed by atoms with E-state index >= 15 is 0 Å². The lowest BCUT2D eigenvalue weighted by Gasteiger charge is -2.37. The number of fused-ring (bicyclic) bond motifs is 2. The highest BCUT2D eigenvalue weighted by Gasteiger charge is 2.69. The van der Waals surface area contributed by atoms with Gasteiger partial charge >= 0.3 is 0 Å². The second kappa shape index (κ2) is 8.38. The molecule has 1 aliphatic carbocycles. The number of hydrogen-bond donors (Lipinski definition) is 2. The van der Waals surface area contributed by atoms with Crippen LogP contribution in [0.1, 0.15) is 51.2 Å². The molecule has 2 fully saturated rings. The van der Waals surface area contributed by atoms with Crippen LogP contribution in [0.25, 0.3) is 10.1 Å². The van der Waals surface area contributed by atoms with Crippen LogP contribution in [0.15, 0.2) is 30.3 Å². The van der Waals surface area contributed by atoms with E-state index in [1.165, 1.54) is 11.3 Å². The van der Waals surface area contributed by atoms with Crippen LogP contribution in [0.3, 0.4) is 0 Å². The molecule has 1 saturated heterocycles. The van der Waals surface area contributed by atoms with Gasteiger partial charge in [0.15, 0.2) is 0 Å². The molecule has 1 saturated carbocycles. The lowest BCUT2D eigenvalue weighted by Crippen LogP contribution is -2.59. The predicted molar refractivity (Wildman–Crippen MR) is 132 cm³/mol. The molecule has 7 nitrogen and oxygen atoms in total. The quantitative estimate of drug-likeness (QED) is 0.683. The summed E-state index contributed by atoms with van der Waals surface area (Å²) in [7, 11) is 0. The Labute approximate surface area is 204 Å². The van der Waals surface area contributed by atoms with Crippen LogP contribution in [0.4, 0.5) is 0 Å². The number of nitriles is 1. The fourth-order valence-corrected chi connectivity index (χ4v) is 6.22. The van der Waals surface area contributed by atoms with Crippen molar-refractivity contribution in [1.82, 2.24) is 15.5 Å². The third-order valence-corrected chi connectivity index (χ3v) is 8.47. The highest BCUT2D eigenvalue weighted by atomic mass is 32.1. The van der Waals surface area contributed by atoms with Gasteiger partial charge in [-0.2, -0.15) is 5.26 Å². The average molecular weight is 481 g/mol. The van der Waals surface area contributed by atoms with E-state index in [4.69, 9.17) is 5.26 Å². The number of amides is 3. The summed E-state index contributed by atoms with van der Waals surface area (Å²) in [5.74, 6) is -0.582. The average Bonchev–Trinajstić information content (AvgIpc) is 3.16. The number of nitrogens with one attached hydrogen (secondary N) is 2. The van der Waals surface area contributed by atoms with E-state index in [9.17, 15) is 14.4 Å². The van der Waals surface area contributed by atoms with Crippen LogP contribution in [0.2, 0.25) is 0 Å². The van der Waals surface area contributed by atoms with E-state index in [0.717, 1.165) is 10.1 Å². The van der Waals surface area contributed by atoms with Crippen LogP contribution in [-0.2, 0) is 9.59 Å². The summed E-state index contributed by atoms with van der Waals surface area (Å²) < 4.78 is 1.01. The predicted octanol–water partition coefficient (Wildman–Crippen LogP) is 3.56. The highest BCUT2D eigenvalue weighted by molar-refractivity contribution is 7.20. The molecule has 3 amide bonds. The summed E-state index contributed by atoms with van der Waals surface area (Å²) in [4.78, 5) is 42.3. The number of rotatable bonds is 5. The van der Waals surface area contributed by atoms with Gasteiger partial charge in [-0.3, -0.25) is 14.4 Å². The van der Waals surface area contributed by atoms with Gasteiger partial charge in [-0.15, -0.1) is 11.3 Å². The van der Waals surface area contributed by atoms with E-state index in [1.807, 2.05) is 57.2 Å². The molecule has 2 aliphatic rings. The zero-order valence-corrected chi connectivity index (χ0v) is 21.3. The van der Waals surface area contributed by atoms with Gasteiger partial charge in [0, 0.05) is 11.2 Å². The van der Waals surface area contributed by atoms with Crippen molar-refractivity contribution in [3.05, 3.63) is 35.2 Å². The first-order valence-electron chi connectivity index (χ1n) is 11.7. The number of nitrogens with zero attached hydrogens (tertiary/aromatic N) is 2. The van der Waals surface area contributed by atoms with E-state index < -0.39 is 23.5 Å². The number of piperidine rings is 1. The Morgan fingerprint density at radius 2 is 1.88 bits per heavy atom. The summed E-state index contributed by atoms with van der Waals surface area (Å²) >= 11 is 1.39. The van der Waals surface area contributed by atoms with Crippen molar-refractivity contribution in [2.75, 3.05) is 6.54 Å². The number of benzene rings is 1. The Kier molecular flexibility index (Phi) is 5.97. The minimum absolute atomic E-state index is 0.0355. The Morgan fingerprint density at radius 3 is 2.50 bits per heavy atom. The molecule has 0 bridgehead atoms. The van der Waals surface area contributed by atoms with Crippen LogP contribution >= 0.6 is 11.3 Å². The molecule has 4 rings (SSSR count). The maximum atomic E-state index is 13.8. The van der Waals surface area contributed by atoms with Gasteiger partial charge in [-0.05, 0) is 47.1 Å². The number of likely N-dealkylation sites (tertiary alicyclic amines) is 1. The maximum absolute atomic E-state index is 13.8. The molecule has 1 aromatic heterocycles. The van der Waals surface area contributed by atoms with Crippen molar-refractivity contribution in [1.29, 1.82) is 5.26 Å². The maximum Gasteiger partial charge on any atom is 0.262 e. The molecule has 2 aromatic rings. The van der Waals surface area contributed by atoms with Gasteiger partial charge < -0.3 is 15.5 Å². The summed E-state index contributed by atoms with van der Waals surface area (Å²) in [6.07, 6.45) is 0. The topological polar surface area (TPSA) is 102 Å². The zero-order valence-electron chi connectivity index (χ0n) is 20.5. The van der Waals surface area contributed by atoms with Crippen molar-refractivity contribution >= 4 is 39.1 Å². The Bertz CT molecular complexity index is 1160. The van der Waals surface area contributed by atoms with Crippen molar-refractivity contribution in [2.45, 2.75) is 59.7 Å². The van der Waals surface area contributed by atoms with E-state index in [0.29, 0.717) is 11.4 Å². The number of carbonyl (C=O) groups excluding carboxylic acids is 3. The molecule has 2 heterocycles. The lowest BCUT2D eigenvalue weighted by molar-refractivity contribution is -0.143. The van der Waals surface area contributed by atoms with Crippen LogP contribution in [0, 0.1) is 34.0 Å². The smallest absolute Gasteiger partial charge is 0.262 e. The molecule has 0 radical (unpaired) electrons. The van der Waals surface area contributed by atoms with E-state index in [-0.39, 0.29) is 35.0 Å². The molecule has 0 spiro atoms. The zero-order chi connectivity index (χ0) is 25.0. The number of thiophene rings is 1. The largest absolute Gasteiger partial charge is 0.339 e. The minimum Gasteiger partial charge on any atom is -0.339 e. The van der Waals surface area contributed by atoms with Gasteiger partial charge in [0.2, 0.25) is 11.8 Å². The van der Waals surface area contributed by atoms with Gasteiger partial charge in [0.25, 0.3) is 5.91 Å². The highest BCUT2D eigenvalue weighted by Crippen LogP contribution is 2.65. The van der Waals surface area contributed by atoms with Crippen molar-refractivity contribution in [2.24, 2.45) is 22.7 Å². The fraction of sp³-hybridized carbons (Fsp3) is 0.538. The molecule has 34 heavy (non-hydrogen) atoms. The SMILES string of the molecule is C[C@@H](C#N)NC(=O)[C@@H]1[C@@H]2[C@H](CN1C(=O)[C@@H](NC(=O)c1cc3ccccc3s1)C(C)(C)C)C2(C)C. The normalized spacial score (nSPS) is 24.6. The Morgan fingerprint density at radius 1 is 1.21 bits per heavy atom. The Balaban J connectivity index is 1.58. The van der Waals surface area contributed by atoms with E-state index in [1.54, 1.807) is 11.8 Å². The molecule has 180 valence electrons. The minimum atomic E-state index is -0.797. The monoisotopic (exact) mass is 480 g/mol. The second-order valence-corrected chi connectivity index (χ2v) is 12.3. The molecular weight excluding hydrogens is 448 g/mol. The lowest BCUT2D eigenvalue weighted by atomic mass is 9.85. The first kappa shape index (κ1) is 24.2. The third-order valence-electron chi connectivity index (χ3n) is 7.35. The van der Waals surface area contributed by atoms with Crippen molar-refractivity contribution < 1.29 is 14.4 Å². The molecule has 5 atom stereocenters. The third kappa shape index (κ3) is 4.18. The fourth-order valence-electron chi connectivity index (χ4n) is 5.25. The van der Waals surface area contributed by atoms with Crippen LogP contribution in [-0.4, -0.2) is 47.3 Å². The van der Waals surface area contributed by atoms with Gasteiger partial charge in [-0.25, -0.2) is 0 Å².